The van der Waals surface area contributed by atoms with Crippen molar-refractivity contribution in [2.45, 2.75) is 32.2 Å². The zero-order valence-electron chi connectivity index (χ0n) is 18.2. The number of aliphatic imine (C=N–C) groups is 1. The van der Waals surface area contributed by atoms with E-state index in [9.17, 15) is 9.59 Å². The minimum absolute atomic E-state index is 0.0935. The number of likely N-dealkylation sites (tertiary alicyclic amines) is 1. The molecule has 1 atom stereocenters. The molecule has 1 aromatic rings. The van der Waals surface area contributed by atoms with E-state index in [1.165, 1.54) is 11.8 Å². The summed E-state index contributed by atoms with van der Waals surface area (Å²) >= 11 is 7.77. The lowest BCUT2D eigenvalue weighted by molar-refractivity contribution is -0.141. The van der Waals surface area contributed by atoms with Gasteiger partial charge in [-0.1, -0.05) is 35.5 Å². The van der Waals surface area contributed by atoms with Crippen LogP contribution in [0, 0.1) is 0 Å². The number of hydrogen-bond acceptors (Lipinski definition) is 7. The third-order valence-corrected chi connectivity index (χ3v) is 6.82. The number of allylic oxidation sites excluding steroid dienone is 1. The van der Waals surface area contributed by atoms with E-state index < -0.39 is 12.0 Å². The van der Waals surface area contributed by atoms with E-state index >= 15 is 0 Å². The molecule has 9 heteroatoms. The first-order valence-electron chi connectivity index (χ1n) is 10.6. The number of halogens is 1. The second-order valence-corrected chi connectivity index (χ2v) is 9.11. The number of carbonyl (C=O) groups is 2. The van der Waals surface area contributed by atoms with Gasteiger partial charge in [0.05, 0.1) is 30.3 Å². The van der Waals surface area contributed by atoms with E-state index in [1.807, 2.05) is 40.3 Å². The molecular formula is C23H26ClN3O4S. The molecule has 0 bridgehead atoms. The smallest absolute Gasteiger partial charge is 0.338 e. The molecule has 1 saturated heterocycles. The molecule has 0 radical (unpaired) electrons. The summed E-state index contributed by atoms with van der Waals surface area (Å²) in [6, 6.07) is 6.94. The highest BCUT2D eigenvalue weighted by Gasteiger charge is 2.41. The highest BCUT2D eigenvalue weighted by atomic mass is 35.5. The Kier molecular flexibility index (Phi) is 7.23. The van der Waals surface area contributed by atoms with Gasteiger partial charge in [0.2, 0.25) is 5.91 Å². The van der Waals surface area contributed by atoms with Crippen molar-refractivity contribution >= 4 is 40.4 Å². The first kappa shape index (κ1) is 22.9. The third kappa shape index (κ3) is 4.72. The van der Waals surface area contributed by atoms with Crippen molar-refractivity contribution in [2.75, 3.05) is 33.4 Å². The Morgan fingerprint density at radius 3 is 2.75 bits per heavy atom. The number of carbonyl (C=O) groups excluding carboxylic acids is 2. The number of ether oxygens (including phenoxy) is 2. The highest BCUT2D eigenvalue weighted by molar-refractivity contribution is 8.16. The lowest BCUT2D eigenvalue weighted by Crippen LogP contribution is -2.38. The van der Waals surface area contributed by atoms with Crippen molar-refractivity contribution in [2.24, 2.45) is 4.99 Å². The fraction of sp³-hybridized carbons (Fsp3) is 0.435. The molecule has 1 aromatic carbocycles. The fourth-order valence-electron chi connectivity index (χ4n) is 4.15. The number of nitrogens with zero attached hydrogens (tertiary/aromatic N) is 3. The number of rotatable bonds is 7. The third-order valence-electron chi connectivity index (χ3n) is 5.70. The molecule has 32 heavy (non-hydrogen) atoms. The summed E-state index contributed by atoms with van der Waals surface area (Å²) in [5.41, 5.74) is 2.70. The van der Waals surface area contributed by atoms with Gasteiger partial charge < -0.3 is 19.3 Å². The van der Waals surface area contributed by atoms with Gasteiger partial charge in [0, 0.05) is 30.9 Å². The molecule has 0 spiro atoms. The van der Waals surface area contributed by atoms with Crippen molar-refractivity contribution < 1.29 is 19.1 Å². The van der Waals surface area contributed by atoms with Crippen LogP contribution in [0.4, 0.5) is 0 Å². The van der Waals surface area contributed by atoms with Crippen molar-refractivity contribution in [3.8, 4) is 0 Å². The molecular weight excluding hydrogens is 450 g/mol. The SMILES string of the molecule is COCCOC(=O)C1=C(C)N=C2SC=C(CC(=O)N3CCCC3)N2C1c1cccc(Cl)c1. The molecule has 1 fully saturated rings. The van der Waals surface area contributed by atoms with Crippen molar-refractivity contribution in [3.63, 3.8) is 0 Å². The maximum atomic E-state index is 13.1. The summed E-state index contributed by atoms with van der Waals surface area (Å²) in [6.07, 6.45) is 2.34. The average molecular weight is 476 g/mol. The lowest BCUT2D eigenvalue weighted by Gasteiger charge is -2.36. The summed E-state index contributed by atoms with van der Waals surface area (Å²) in [7, 11) is 1.56. The number of fused-ring (bicyclic) bond motifs is 1. The first-order chi connectivity index (χ1) is 15.5. The minimum Gasteiger partial charge on any atom is -0.460 e. The molecule has 0 aromatic heterocycles. The van der Waals surface area contributed by atoms with Crippen LogP contribution >= 0.6 is 23.4 Å². The minimum atomic E-state index is -0.483. The Bertz CT molecular complexity index is 1000. The van der Waals surface area contributed by atoms with Gasteiger partial charge in [-0.2, -0.15) is 0 Å². The van der Waals surface area contributed by atoms with Gasteiger partial charge in [-0.3, -0.25) is 4.79 Å². The van der Waals surface area contributed by atoms with Gasteiger partial charge in [-0.05, 0) is 42.9 Å². The maximum absolute atomic E-state index is 13.1. The normalized spacial score (nSPS) is 20.3. The fourth-order valence-corrected chi connectivity index (χ4v) is 5.31. The predicted molar refractivity (Wildman–Crippen MR) is 125 cm³/mol. The van der Waals surface area contributed by atoms with E-state index in [0.29, 0.717) is 22.9 Å². The van der Waals surface area contributed by atoms with Crippen LogP contribution in [-0.4, -0.2) is 60.3 Å². The van der Waals surface area contributed by atoms with Gasteiger partial charge in [-0.25, -0.2) is 9.79 Å². The Hall–Kier alpha value is -2.29. The number of hydrogen-bond donors (Lipinski definition) is 0. The molecule has 0 aliphatic carbocycles. The van der Waals surface area contributed by atoms with Gasteiger partial charge in [0.15, 0.2) is 5.17 Å². The Morgan fingerprint density at radius 2 is 2.03 bits per heavy atom. The predicted octanol–water partition coefficient (Wildman–Crippen LogP) is 4.12. The van der Waals surface area contributed by atoms with E-state index in [4.69, 9.17) is 21.1 Å². The molecule has 0 N–H and O–H groups in total. The van der Waals surface area contributed by atoms with Gasteiger partial charge in [0.25, 0.3) is 0 Å². The van der Waals surface area contributed by atoms with Crippen molar-refractivity contribution in [1.29, 1.82) is 0 Å². The van der Waals surface area contributed by atoms with E-state index in [0.717, 1.165) is 42.4 Å². The molecule has 0 saturated carbocycles. The Labute approximate surface area is 197 Å². The van der Waals surface area contributed by atoms with Crippen LogP contribution in [-0.2, 0) is 19.1 Å². The van der Waals surface area contributed by atoms with Crippen LogP contribution in [0.1, 0.15) is 37.8 Å². The van der Waals surface area contributed by atoms with Crippen molar-refractivity contribution in [3.05, 3.63) is 57.2 Å². The van der Waals surface area contributed by atoms with Crippen LogP contribution < -0.4 is 0 Å². The van der Waals surface area contributed by atoms with Crippen LogP contribution in [0.5, 0.6) is 0 Å². The second-order valence-electron chi connectivity index (χ2n) is 7.84. The number of amidine groups is 1. The number of esters is 1. The topological polar surface area (TPSA) is 71.4 Å². The van der Waals surface area contributed by atoms with Crippen LogP contribution in [0.25, 0.3) is 0 Å². The largest absolute Gasteiger partial charge is 0.460 e. The second kappa shape index (κ2) is 10.1. The average Bonchev–Trinajstić information content (AvgIpc) is 3.43. The molecule has 1 amide bonds. The lowest BCUT2D eigenvalue weighted by atomic mass is 9.94. The maximum Gasteiger partial charge on any atom is 0.338 e. The van der Waals surface area contributed by atoms with E-state index in [1.54, 1.807) is 13.2 Å². The quantitative estimate of drug-likeness (QED) is 0.436. The summed E-state index contributed by atoms with van der Waals surface area (Å²) in [5, 5.41) is 3.27. The zero-order chi connectivity index (χ0) is 22.7. The van der Waals surface area contributed by atoms with Crippen molar-refractivity contribution in [1.82, 2.24) is 9.80 Å². The van der Waals surface area contributed by atoms with Gasteiger partial charge >= 0.3 is 5.97 Å². The zero-order valence-corrected chi connectivity index (χ0v) is 19.7. The summed E-state index contributed by atoms with van der Waals surface area (Å²) in [5.74, 6) is -0.356. The number of amides is 1. The number of methoxy groups -OCH3 is 1. The van der Waals surface area contributed by atoms with Gasteiger partial charge in [-0.15, -0.1) is 0 Å². The molecule has 3 aliphatic heterocycles. The first-order valence-corrected chi connectivity index (χ1v) is 11.9. The Morgan fingerprint density at radius 1 is 1.25 bits per heavy atom. The molecule has 170 valence electrons. The summed E-state index contributed by atoms with van der Waals surface area (Å²) in [6.45, 7) is 3.87. The molecule has 7 nitrogen and oxygen atoms in total. The summed E-state index contributed by atoms with van der Waals surface area (Å²) < 4.78 is 10.5. The standard InChI is InChI=1S/C23H26ClN3O4S/c1-15-20(22(29)31-11-10-30-2)21(16-6-5-7-17(24)12-16)27-18(14-32-23(27)25-15)13-19(28)26-8-3-4-9-26/h5-7,12,14,21H,3-4,8-11,13H2,1-2H3. The monoisotopic (exact) mass is 475 g/mol. The Balaban J connectivity index is 1.68. The van der Waals surface area contributed by atoms with Crippen LogP contribution in [0.2, 0.25) is 5.02 Å². The van der Waals surface area contributed by atoms with E-state index in [2.05, 4.69) is 4.99 Å². The van der Waals surface area contributed by atoms with Crippen LogP contribution in [0.3, 0.4) is 0 Å². The molecule has 4 rings (SSSR count). The van der Waals surface area contributed by atoms with Crippen LogP contribution in [0.15, 0.2) is 51.6 Å². The molecule has 1 unspecified atom stereocenters. The number of benzene rings is 1. The highest BCUT2D eigenvalue weighted by Crippen LogP contribution is 2.45. The van der Waals surface area contributed by atoms with E-state index in [-0.39, 0.29) is 18.9 Å². The summed E-state index contributed by atoms with van der Waals surface area (Å²) in [4.78, 5) is 34.6. The van der Waals surface area contributed by atoms with Gasteiger partial charge in [0.1, 0.15) is 6.61 Å². The molecule has 3 aliphatic rings. The molecule has 3 heterocycles. The number of thioether (sulfide) groups is 1.